The largest absolute Gasteiger partial charge is 0.324 e. The summed E-state index contributed by atoms with van der Waals surface area (Å²) in [6.07, 6.45) is 10.7. The van der Waals surface area contributed by atoms with E-state index in [0.717, 1.165) is 71.7 Å². The molecule has 0 radical (unpaired) electrons. The normalized spacial score (nSPS) is 24.1. The highest BCUT2D eigenvalue weighted by Gasteiger charge is 2.47. The Hall–Kier alpha value is -1.78. The Morgan fingerprint density at radius 1 is 1.08 bits per heavy atom. The molecule has 1 amide bonds. The van der Waals surface area contributed by atoms with E-state index in [1.165, 1.54) is 35.5 Å². The van der Waals surface area contributed by atoms with Crippen LogP contribution < -0.4 is 0 Å². The molecule has 1 saturated heterocycles. The summed E-state index contributed by atoms with van der Waals surface area (Å²) in [5.41, 5.74) is 0.969. The molecule has 0 aromatic carbocycles. The van der Waals surface area contributed by atoms with E-state index in [4.69, 9.17) is 0 Å². The SMILES string of the molecule is Cc1ncc(CC(=O)CC2CCC(CCN3CCc4nc(C(=O)N5CC(F)(F)C5)sc4CC3)CC2)s1. The number of aromatic nitrogens is 2. The molecule has 6 nitrogen and oxygen atoms in total. The zero-order valence-electron chi connectivity index (χ0n) is 20.8. The third-order valence-corrected chi connectivity index (χ3v) is 9.85. The predicted octanol–water partition coefficient (Wildman–Crippen LogP) is 4.80. The van der Waals surface area contributed by atoms with Crippen molar-refractivity contribution in [3.63, 3.8) is 0 Å². The highest BCUT2D eigenvalue weighted by molar-refractivity contribution is 7.13. The summed E-state index contributed by atoms with van der Waals surface area (Å²) in [6.45, 7) is 3.94. The molecule has 3 aliphatic rings. The molecule has 2 aromatic heterocycles. The second-order valence-corrected chi connectivity index (χ2v) is 13.1. The number of thiazole rings is 2. The van der Waals surface area contributed by atoms with Gasteiger partial charge in [-0.3, -0.25) is 9.59 Å². The van der Waals surface area contributed by atoms with E-state index in [0.29, 0.717) is 29.6 Å². The standard InChI is InChI=1S/C26H34F2N4O2S2/c1-17-29-14-21(35-17)13-20(33)12-19-4-2-18(3-5-19)6-9-31-10-7-22-23(8-11-31)36-24(30-22)25(34)32-15-26(27,28)16-32/h14,18-19H,2-13,15-16H2,1H3. The molecule has 0 spiro atoms. The molecule has 4 heterocycles. The van der Waals surface area contributed by atoms with Crippen LogP contribution in [0.5, 0.6) is 0 Å². The Bertz CT molecular complexity index is 1060. The molecule has 36 heavy (non-hydrogen) atoms. The second kappa shape index (κ2) is 10.9. The van der Waals surface area contributed by atoms with Gasteiger partial charge in [0.2, 0.25) is 0 Å². The van der Waals surface area contributed by atoms with Crippen molar-refractivity contribution in [2.24, 2.45) is 11.8 Å². The number of hydrogen-bond acceptors (Lipinski definition) is 7. The number of fused-ring (bicyclic) bond motifs is 1. The number of carbonyl (C=O) groups excluding carboxylic acids is 2. The van der Waals surface area contributed by atoms with Crippen molar-refractivity contribution in [3.05, 3.63) is 31.7 Å². The second-order valence-electron chi connectivity index (χ2n) is 10.7. The maximum absolute atomic E-state index is 13.1. The van der Waals surface area contributed by atoms with Crippen LogP contribution in [0.1, 0.15) is 68.8 Å². The van der Waals surface area contributed by atoms with Crippen molar-refractivity contribution in [2.45, 2.75) is 70.6 Å². The topological polar surface area (TPSA) is 66.4 Å². The smallest absolute Gasteiger partial charge is 0.283 e. The maximum atomic E-state index is 13.1. The van der Waals surface area contributed by atoms with Gasteiger partial charge in [-0.15, -0.1) is 22.7 Å². The summed E-state index contributed by atoms with van der Waals surface area (Å²) in [4.78, 5) is 39.6. The summed E-state index contributed by atoms with van der Waals surface area (Å²) in [6, 6.07) is 0. The minimum Gasteiger partial charge on any atom is -0.324 e. The first-order valence-corrected chi connectivity index (χ1v) is 14.7. The molecular weight excluding hydrogens is 502 g/mol. The summed E-state index contributed by atoms with van der Waals surface area (Å²) < 4.78 is 26.2. The van der Waals surface area contributed by atoms with Crippen LogP contribution in [0, 0.1) is 18.8 Å². The first-order valence-electron chi connectivity index (χ1n) is 13.0. The average Bonchev–Trinajstić information content (AvgIpc) is 3.37. The minimum absolute atomic E-state index is 0.348. The van der Waals surface area contributed by atoms with Crippen molar-refractivity contribution in [1.82, 2.24) is 19.8 Å². The van der Waals surface area contributed by atoms with Gasteiger partial charge in [0.1, 0.15) is 5.78 Å². The Labute approximate surface area is 219 Å². The summed E-state index contributed by atoms with van der Waals surface area (Å²) in [5, 5.41) is 1.38. The molecule has 5 rings (SSSR count). The van der Waals surface area contributed by atoms with Gasteiger partial charge in [0.15, 0.2) is 5.01 Å². The highest BCUT2D eigenvalue weighted by atomic mass is 32.1. The van der Waals surface area contributed by atoms with Crippen LogP contribution in [0.15, 0.2) is 6.20 Å². The Morgan fingerprint density at radius 2 is 1.81 bits per heavy atom. The molecule has 0 atom stereocenters. The first kappa shape index (κ1) is 25.9. The number of likely N-dealkylation sites (tertiary alicyclic amines) is 1. The zero-order chi connectivity index (χ0) is 25.3. The molecule has 0 bridgehead atoms. The molecule has 0 unspecified atom stereocenters. The van der Waals surface area contributed by atoms with Crippen LogP contribution in [0.25, 0.3) is 0 Å². The Balaban J connectivity index is 1.01. The van der Waals surface area contributed by atoms with Gasteiger partial charge in [0.25, 0.3) is 11.8 Å². The average molecular weight is 537 g/mol. The number of carbonyl (C=O) groups is 2. The van der Waals surface area contributed by atoms with Gasteiger partial charge in [-0.2, -0.15) is 0 Å². The van der Waals surface area contributed by atoms with Gasteiger partial charge in [-0.1, -0.05) is 12.8 Å². The van der Waals surface area contributed by atoms with E-state index in [1.54, 1.807) is 11.3 Å². The third-order valence-electron chi connectivity index (χ3n) is 7.79. The van der Waals surface area contributed by atoms with E-state index in [9.17, 15) is 18.4 Å². The van der Waals surface area contributed by atoms with E-state index < -0.39 is 19.0 Å². The van der Waals surface area contributed by atoms with Crippen molar-refractivity contribution in [2.75, 3.05) is 32.7 Å². The van der Waals surface area contributed by atoms with Crippen LogP contribution in [-0.4, -0.2) is 70.1 Å². The Morgan fingerprint density at radius 3 is 2.50 bits per heavy atom. The van der Waals surface area contributed by atoms with Crippen LogP contribution in [-0.2, 0) is 24.1 Å². The lowest BCUT2D eigenvalue weighted by molar-refractivity contribution is -0.119. The van der Waals surface area contributed by atoms with Crippen LogP contribution >= 0.6 is 22.7 Å². The van der Waals surface area contributed by atoms with Crippen LogP contribution in [0.2, 0.25) is 0 Å². The lowest BCUT2D eigenvalue weighted by Gasteiger charge is -2.38. The minimum atomic E-state index is -2.75. The number of hydrogen-bond donors (Lipinski definition) is 0. The van der Waals surface area contributed by atoms with E-state index in [-0.39, 0.29) is 5.91 Å². The molecule has 2 fully saturated rings. The number of nitrogens with zero attached hydrogens (tertiary/aromatic N) is 4. The number of rotatable bonds is 8. The predicted molar refractivity (Wildman–Crippen MR) is 137 cm³/mol. The van der Waals surface area contributed by atoms with Crippen molar-refractivity contribution >= 4 is 34.4 Å². The van der Waals surface area contributed by atoms with Gasteiger partial charge < -0.3 is 9.80 Å². The molecule has 2 aliphatic heterocycles. The first-order chi connectivity index (χ1) is 17.2. The third kappa shape index (κ3) is 6.37. The highest BCUT2D eigenvalue weighted by Crippen LogP contribution is 2.34. The van der Waals surface area contributed by atoms with Gasteiger partial charge in [-0.25, -0.2) is 18.7 Å². The van der Waals surface area contributed by atoms with Gasteiger partial charge in [0.05, 0.1) is 23.8 Å². The Kier molecular flexibility index (Phi) is 7.84. The number of aryl methyl sites for hydroxylation is 1. The molecular formula is C26H34F2N4O2S2. The van der Waals surface area contributed by atoms with Gasteiger partial charge in [-0.05, 0) is 51.0 Å². The fraction of sp³-hybridized carbons (Fsp3) is 0.692. The lowest BCUT2D eigenvalue weighted by atomic mass is 9.78. The molecule has 1 saturated carbocycles. The van der Waals surface area contributed by atoms with E-state index >= 15 is 0 Å². The number of halogens is 2. The zero-order valence-corrected chi connectivity index (χ0v) is 22.4. The van der Waals surface area contributed by atoms with Gasteiger partial charge in [0, 0.05) is 48.3 Å². The van der Waals surface area contributed by atoms with Crippen LogP contribution in [0.4, 0.5) is 8.78 Å². The molecule has 1 aliphatic carbocycles. The number of Topliss-reactive ketones (excluding diaryl/α,β-unsaturated/α-hetero) is 1. The van der Waals surface area contributed by atoms with Crippen LogP contribution in [0.3, 0.4) is 0 Å². The quantitative estimate of drug-likeness (QED) is 0.485. The number of ketones is 1. The lowest BCUT2D eigenvalue weighted by Crippen LogP contribution is -2.58. The van der Waals surface area contributed by atoms with Crippen molar-refractivity contribution in [3.8, 4) is 0 Å². The fourth-order valence-corrected chi connectivity index (χ4v) is 7.57. The van der Waals surface area contributed by atoms with Crippen molar-refractivity contribution < 1.29 is 18.4 Å². The number of alkyl halides is 2. The maximum Gasteiger partial charge on any atom is 0.283 e. The van der Waals surface area contributed by atoms with Gasteiger partial charge >= 0.3 is 0 Å². The van der Waals surface area contributed by atoms with Crippen molar-refractivity contribution in [1.29, 1.82) is 0 Å². The summed E-state index contributed by atoms with van der Waals surface area (Å²) in [5.74, 6) is -1.49. The molecule has 10 heteroatoms. The summed E-state index contributed by atoms with van der Waals surface area (Å²) >= 11 is 3.01. The molecule has 0 N–H and O–H groups in total. The molecule has 2 aromatic rings. The molecule has 196 valence electrons. The monoisotopic (exact) mass is 536 g/mol. The van der Waals surface area contributed by atoms with E-state index in [2.05, 4.69) is 14.9 Å². The fourth-order valence-electron chi connectivity index (χ4n) is 5.68. The number of amides is 1. The van der Waals surface area contributed by atoms with E-state index in [1.807, 2.05) is 13.1 Å². The summed E-state index contributed by atoms with van der Waals surface area (Å²) in [7, 11) is 0.